The van der Waals surface area contributed by atoms with Crippen LogP contribution in [0.5, 0.6) is 0 Å². The molecule has 0 unspecified atom stereocenters. The maximum Gasteiger partial charge on any atom is 0.332 e. The number of aryl methyl sites for hydroxylation is 4. The van der Waals surface area contributed by atoms with Crippen LogP contribution in [0, 0.1) is 13.8 Å². The van der Waals surface area contributed by atoms with Crippen LogP contribution >= 0.6 is 11.6 Å². The quantitative estimate of drug-likeness (QED) is 0.477. The van der Waals surface area contributed by atoms with Crippen molar-refractivity contribution in [2.75, 3.05) is 11.4 Å². The minimum atomic E-state index is -0.393. The molecule has 2 aromatic carbocycles. The van der Waals surface area contributed by atoms with Crippen LogP contribution in [0.15, 0.2) is 52.1 Å². The lowest BCUT2D eigenvalue weighted by Crippen LogP contribution is -2.40. The van der Waals surface area contributed by atoms with E-state index < -0.39 is 5.69 Å². The van der Waals surface area contributed by atoms with Crippen molar-refractivity contribution < 1.29 is 0 Å². The van der Waals surface area contributed by atoms with Crippen molar-refractivity contribution in [2.45, 2.75) is 33.4 Å². The van der Waals surface area contributed by atoms with Crippen LogP contribution in [0.2, 0.25) is 5.02 Å². The number of benzene rings is 2. The molecule has 1 aliphatic rings. The molecule has 7 nitrogen and oxygen atoms in total. The molecule has 0 aliphatic carbocycles. The van der Waals surface area contributed by atoms with E-state index in [9.17, 15) is 9.59 Å². The Kier molecular flexibility index (Phi) is 4.93. The van der Waals surface area contributed by atoms with Gasteiger partial charge in [-0.15, -0.1) is 0 Å². The Labute approximate surface area is 190 Å². The van der Waals surface area contributed by atoms with E-state index in [1.165, 1.54) is 20.3 Å². The number of hydrogen-bond acceptors (Lipinski definition) is 4. The fourth-order valence-corrected chi connectivity index (χ4v) is 4.57. The van der Waals surface area contributed by atoms with E-state index in [0.29, 0.717) is 28.7 Å². The molecule has 32 heavy (non-hydrogen) atoms. The van der Waals surface area contributed by atoms with Gasteiger partial charge in [0.05, 0.1) is 6.54 Å². The number of halogens is 1. The van der Waals surface area contributed by atoms with Crippen molar-refractivity contribution in [2.24, 2.45) is 7.05 Å². The third-order valence-corrected chi connectivity index (χ3v) is 6.48. The highest BCUT2D eigenvalue weighted by atomic mass is 35.5. The predicted molar refractivity (Wildman–Crippen MR) is 127 cm³/mol. The van der Waals surface area contributed by atoms with Crippen molar-refractivity contribution in [3.63, 3.8) is 0 Å². The lowest BCUT2D eigenvalue weighted by atomic mass is 10.1. The Morgan fingerprint density at radius 1 is 1.03 bits per heavy atom. The topological polar surface area (TPSA) is 65.1 Å². The summed E-state index contributed by atoms with van der Waals surface area (Å²) in [5, 5.41) is 0.569. The second-order valence-corrected chi connectivity index (χ2v) is 8.81. The minimum absolute atomic E-state index is 0.156. The summed E-state index contributed by atoms with van der Waals surface area (Å²) in [5.74, 6) is 0.696. The van der Waals surface area contributed by atoms with Gasteiger partial charge in [-0.2, -0.15) is 4.98 Å². The molecular weight excluding hydrogens is 426 g/mol. The van der Waals surface area contributed by atoms with Gasteiger partial charge in [-0.05, 0) is 61.2 Å². The molecule has 164 valence electrons. The molecule has 0 saturated carbocycles. The van der Waals surface area contributed by atoms with Gasteiger partial charge in [0.1, 0.15) is 0 Å². The fraction of sp³-hybridized carbons (Fsp3) is 0.292. The van der Waals surface area contributed by atoms with E-state index >= 15 is 0 Å². The first-order valence-electron chi connectivity index (χ1n) is 10.6. The normalized spacial score (nSPS) is 13.6. The van der Waals surface area contributed by atoms with Gasteiger partial charge in [0, 0.05) is 30.8 Å². The molecule has 0 atom stereocenters. The van der Waals surface area contributed by atoms with Gasteiger partial charge in [-0.25, -0.2) is 4.79 Å². The number of imidazole rings is 1. The summed E-state index contributed by atoms with van der Waals surface area (Å²) >= 11 is 6.10. The Hall–Kier alpha value is -3.32. The van der Waals surface area contributed by atoms with Crippen LogP contribution in [-0.2, 0) is 20.1 Å². The average Bonchev–Trinajstić information content (AvgIpc) is 3.17. The number of anilines is 2. The van der Waals surface area contributed by atoms with E-state index in [4.69, 9.17) is 16.6 Å². The van der Waals surface area contributed by atoms with E-state index in [1.807, 2.05) is 16.7 Å². The maximum atomic E-state index is 13.5. The number of hydrogen-bond donors (Lipinski definition) is 0. The zero-order chi connectivity index (χ0) is 22.6. The Bertz CT molecular complexity index is 1480. The zero-order valence-corrected chi connectivity index (χ0v) is 19.1. The second kappa shape index (κ2) is 7.67. The number of aromatic nitrogens is 4. The highest BCUT2D eigenvalue weighted by Crippen LogP contribution is 2.31. The average molecular weight is 450 g/mol. The van der Waals surface area contributed by atoms with Crippen molar-refractivity contribution in [1.82, 2.24) is 18.7 Å². The van der Waals surface area contributed by atoms with Gasteiger partial charge in [0.25, 0.3) is 5.56 Å². The summed E-state index contributed by atoms with van der Waals surface area (Å²) in [4.78, 5) is 33.5. The van der Waals surface area contributed by atoms with Crippen LogP contribution in [0.1, 0.15) is 23.1 Å². The molecule has 0 radical (unpaired) electrons. The first kappa shape index (κ1) is 20.6. The third kappa shape index (κ3) is 3.24. The SMILES string of the molecule is Cc1ccc(N2CCCn3c2nc2c3c(=O)n(Cc3cccc(Cl)c3)c(=O)n2C)cc1C. The zero-order valence-electron chi connectivity index (χ0n) is 18.3. The van der Waals surface area contributed by atoms with E-state index in [2.05, 4.69) is 36.9 Å². The van der Waals surface area contributed by atoms with E-state index in [-0.39, 0.29) is 12.1 Å². The third-order valence-electron chi connectivity index (χ3n) is 6.25. The van der Waals surface area contributed by atoms with Crippen molar-refractivity contribution in [1.29, 1.82) is 0 Å². The summed E-state index contributed by atoms with van der Waals surface area (Å²) < 4.78 is 4.67. The summed E-state index contributed by atoms with van der Waals surface area (Å²) in [7, 11) is 1.66. The minimum Gasteiger partial charge on any atom is -0.312 e. The lowest BCUT2D eigenvalue weighted by molar-refractivity contribution is 0.597. The van der Waals surface area contributed by atoms with Crippen LogP contribution < -0.4 is 16.1 Å². The van der Waals surface area contributed by atoms with Gasteiger partial charge in [0.2, 0.25) is 5.95 Å². The van der Waals surface area contributed by atoms with Crippen LogP contribution in [-0.4, -0.2) is 25.2 Å². The summed E-state index contributed by atoms with van der Waals surface area (Å²) in [6, 6.07) is 13.5. The van der Waals surface area contributed by atoms with Gasteiger partial charge >= 0.3 is 5.69 Å². The first-order chi connectivity index (χ1) is 15.3. The molecule has 8 heteroatoms. The number of nitrogens with zero attached hydrogens (tertiary/aromatic N) is 5. The summed E-state index contributed by atoms with van der Waals surface area (Å²) in [5.41, 5.74) is 4.41. The molecule has 5 rings (SSSR count). The predicted octanol–water partition coefficient (Wildman–Crippen LogP) is 3.76. The maximum absolute atomic E-state index is 13.5. The highest BCUT2D eigenvalue weighted by molar-refractivity contribution is 6.30. The molecule has 0 saturated heterocycles. The van der Waals surface area contributed by atoms with Crippen molar-refractivity contribution in [3.8, 4) is 0 Å². The van der Waals surface area contributed by atoms with E-state index in [0.717, 1.165) is 24.2 Å². The Morgan fingerprint density at radius 2 is 1.84 bits per heavy atom. The van der Waals surface area contributed by atoms with Gasteiger partial charge in [-0.1, -0.05) is 29.8 Å². The highest BCUT2D eigenvalue weighted by Gasteiger charge is 2.27. The van der Waals surface area contributed by atoms with E-state index in [1.54, 1.807) is 19.2 Å². The first-order valence-corrected chi connectivity index (χ1v) is 11.0. The molecule has 2 aromatic heterocycles. The molecule has 1 aliphatic heterocycles. The molecule has 0 N–H and O–H groups in total. The summed E-state index contributed by atoms with van der Waals surface area (Å²) in [6.07, 6.45) is 0.877. The van der Waals surface area contributed by atoms with Gasteiger partial charge in [0.15, 0.2) is 11.2 Å². The largest absolute Gasteiger partial charge is 0.332 e. The molecule has 4 aromatic rings. The standard InChI is InChI=1S/C24H24ClN5O2/c1-15-8-9-19(12-16(15)2)28-10-5-11-29-20-21(26-23(28)29)27(3)24(32)30(22(20)31)14-17-6-4-7-18(25)13-17/h4,6-9,12-13H,5,10-11,14H2,1-3H3. The van der Waals surface area contributed by atoms with Crippen molar-refractivity contribution in [3.05, 3.63) is 85.0 Å². The molecule has 3 heterocycles. The molecule has 0 fully saturated rings. The molecule has 0 amide bonds. The van der Waals surface area contributed by atoms with Gasteiger partial charge < -0.3 is 9.47 Å². The number of fused-ring (bicyclic) bond motifs is 3. The Morgan fingerprint density at radius 3 is 2.59 bits per heavy atom. The summed E-state index contributed by atoms with van der Waals surface area (Å²) in [6.45, 7) is 5.81. The lowest BCUT2D eigenvalue weighted by Gasteiger charge is -2.29. The monoisotopic (exact) mass is 449 g/mol. The van der Waals surface area contributed by atoms with Crippen LogP contribution in [0.25, 0.3) is 11.2 Å². The second-order valence-electron chi connectivity index (χ2n) is 8.37. The number of rotatable bonds is 3. The smallest absolute Gasteiger partial charge is 0.312 e. The Balaban J connectivity index is 1.70. The van der Waals surface area contributed by atoms with Crippen LogP contribution in [0.3, 0.4) is 0 Å². The fourth-order valence-electron chi connectivity index (χ4n) is 4.36. The molecule has 0 bridgehead atoms. The molecular formula is C24H24ClN5O2. The van der Waals surface area contributed by atoms with Gasteiger partial charge in [-0.3, -0.25) is 13.9 Å². The molecule has 0 spiro atoms. The van der Waals surface area contributed by atoms with Crippen LogP contribution in [0.4, 0.5) is 11.6 Å². The van der Waals surface area contributed by atoms with Crippen molar-refractivity contribution >= 4 is 34.4 Å².